The first-order valence-corrected chi connectivity index (χ1v) is 4.39. The highest BCUT2D eigenvalue weighted by Crippen LogP contribution is 2.34. The van der Waals surface area contributed by atoms with E-state index in [-0.39, 0.29) is 16.3 Å². The molecule has 0 fully saturated rings. The van der Waals surface area contributed by atoms with E-state index in [0.717, 1.165) is 0 Å². The first-order valence-electron chi connectivity index (χ1n) is 4.02. The zero-order valence-electron chi connectivity index (χ0n) is 7.81. The fraction of sp³-hybridized carbons (Fsp3) is 0.333. The molecule has 0 spiro atoms. The molecule has 0 aliphatic rings. The topological polar surface area (TPSA) is 35.2 Å². The summed E-state index contributed by atoms with van der Waals surface area (Å²) in [5.41, 5.74) is 4.94. The number of benzene rings is 1. The van der Waals surface area contributed by atoms with Crippen LogP contribution in [0.15, 0.2) is 18.2 Å². The summed E-state index contributed by atoms with van der Waals surface area (Å²) in [6.07, 6.45) is -4.47. The molecular weight excluding hydrogens is 231 g/mol. The molecule has 1 aromatic carbocycles. The van der Waals surface area contributed by atoms with Gasteiger partial charge in [-0.25, -0.2) is 0 Å². The summed E-state index contributed by atoms with van der Waals surface area (Å²) in [6, 6.07) is 1.70. The number of rotatable bonds is 2. The van der Waals surface area contributed by atoms with Crippen LogP contribution in [0.25, 0.3) is 0 Å². The molecule has 1 aromatic rings. The third-order valence-electron chi connectivity index (χ3n) is 1.89. The summed E-state index contributed by atoms with van der Waals surface area (Å²) in [7, 11) is 1.32. The Kier molecular flexibility index (Phi) is 3.46. The molecular formula is C9H9ClF3NO. The highest BCUT2D eigenvalue weighted by atomic mass is 35.5. The summed E-state index contributed by atoms with van der Waals surface area (Å²) in [5.74, 6) is 0.175. The van der Waals surface area contributed by atoms with Crippen molar-refractivity contribution in [1.82, 2.24) is 0 Å². The van der Waals surface area contributed by atoms with Gasteiger partial charge in [0, 0.05) is 0 Å². The van der Waals surface area contributed by atoms with Crippen LogP contribution < -0.4 is 10.5 Å². The number of nitrogens with two attached hydrogens (primary N) is 1. The number of halogens is 4. The second-order valence-corrected chi connectivity index (χ2v) is 3.32. The van der Waals surface area contributed by atoms with Crippen molar-refractivity contribution in [3.05, 3.63) is 28.8 Å². The van der Waals surface area contributed by atoms with Crippen LogP contribution in [0.3, 0.4) is 0 Å². The molecule has 15 heavy (non-hydrogen) atoms. The largest absolute Gasteiger partial charge is 0.495 e. The normalized spacial score (nSPS) is 13.7. The van der Waals surface area contributed by atoms with E-state index in [1.54, 1.807) is 0 Å². The van der Waals surface area contributed by atoms with Gasteiger partial charge >= 0.3 is 6.18 Å². The van der Waals surface area contributed by atoms with Crippen molar-refractivity contribution in [2.24, 2.45) is 5.73 Å². The summed E-state index contributed by atoms with van der Waals surface area (Å²) >= 11 is 5.67. The van der Waals surface area contributed by atoms with Gasteiger partial charge < -0.3 is 10.5 Å². The molecule has 1 rings (SSSR count). The van der Waals surface area contributed by atoms with Gasteiger partial charge in [0.15, 0.2) is 0 Å². The fourth-order valence-corrected chi connectivity index (χ4v) is 1.25. The molecule has 2 N–H and O–H groups in total. The van der Waals surface area contributed by atoms with Gasteiger partial charge in [-0.2, -0.15) is 13.2 Å². The van der Waals surface area contributed by atoms with Gasteiger partial charge in [0.25, 0.3) is 0 Å². The van der Waals surface area contributed by atoms with Crippen LogP contribution in [0.1, 0.15) is 11.6 Å². The van der Waals surface area contributed by atoms with Gasteiger partial charge in [0.05, 0.1) is 12.1 Å². The number of ether oxygens (including phenoxy) is 1. The second kappa shape index (κ2) is 4.28. The van der Waals surface area contributed by atoms with Gasteiger partial charge in [-0.3, -0.25) is 0 Å². The van der Waals surface area contributed by atoms with Crippen LogP contribution in [0.5, 0.6) is 5.75 Å². The summed E-state index contributed by atoms with van der Waals surface area (Å²) in [4.78, 5) is 0. The summed E-state index contributed by atoms with van der Waals surface area (Å²) < 4.78 is 41.6. The smallest absolute Gasteiger partial charge is 0.407 e. The lowest BCUT2D eigenvalue weighted by molar-refractivity contribution is -0.149. The SMILES string of the molecule is COc1cc([C@H](N)C(F)(F)F)ccc1Cl. The first kappa shape index (κ1) is 12.1. The molecule has 0 aliphatic carbocycles. The van der Waals surface area contributed by atoms with Crippen LogP contribution >= 0.6 is 11.6 Å². The Labute approximate surface area is 89.8 Å². The second-order valence-electron chi connectivity index (χ2n) is 2.91. The summed E-state index contributed by atoms with van der Waals surface area (Å²) in [6.45, 7) is 0. The van der Waals surface area contributed by atoms with E-state index >= 15 is 0 Å². The minimum atomic E-state index is -4.47. The van der Waals surface area contributed by atoms with Crippen LogP contribution in [0, 0.1) is 0 Å². The maximum absolute atomic E-state index is 12.3. The number of alkyl halides is 3. The highest BCUT2D eigenvalue weighted by molar-refractivity contribution is 6.32. The molecule has 0 radical (unpaired) electrons. The lowest BCUT2D eigenvalue weighted by Gasteiger charge is -2.16. The number of hydrogen-bond donors (Lipinski definition) is 1. The molecule has 84 valence electrons. The molecule has 2 nitrogen and oxygen atoms in total. The Balaban J connectivity index is 3.06. The maximum Gasteiger partial charge on any atom is 0.407 e. The number of hydrogen-bond acceptors (Lipinski definition) is 2. The van der Waals surface area contributed by atoms with E-state index in [4.69, 9.17) is 22.1 Å². The predicted molar refractivity (Wildman–Crippen MR) is 51.0 cm³/mol. The lowest BCUT2D eigenvalue weighted by Crippen LogP contribution is -2.28. The maximum atomic E-state index is 12.3. The quantitative estimate of drug-likeness (QED) is 0.861. The highest BCUT2D eigenvalue weighted by Gasteiger charge is 2.38. The van der Waals surface area contributed by atoms with E-state index < -0.39 is 12.2 Å². The van der Waals surface area contributed by atoms with Crippen LogP contribution in [-0.4, -0.2) is 13.3 Å². The standard InChI is InChI=1S/C9H9ClF3NO/c1-15-7-4-5(2-3-6(7)10)8(14)9(11,12)13/h2-4,8H,14H2,1H3/t8-/m0/s1. The molecule has 0 heterocycles. The Bertz CT molecular complexity index is 354. The van der Waals surface area contributed by atoms with E-state index in [1.807, 2.05) is 0 Å². The van der Waals surface area contributed by atoms with Crippen molar-refractivity contribution in [2.75, 3.05) is 7.11 Å². The Morgan fingerprint density at radius 2 is 2.00 bits per heavy atom. The minimum absolute atomic E-state index is 0.0799. The van der Waals surface area contributed by atoms with E-state index in [0.29, 0.717) is 0 Å². The molecule has 0 saturated heterocycles. The number of methoxy groups -OCH3 is 1. The molecule has 0 unspecified atom stereocenters. The molecule has 0 saturated carbocycles. The zero-order valence-corrected chi connectivity index (χ0v) is 8.56. The van der Waals surface area contributed by atoms with E-state index in [1.165, 1.54) is 25.3 Å². The Morgan fingerprint density at radius 3 is 2.47 bits per heavy atom. The van der Waals surface area contributed by atoms with Crippen molar-refractivity contribution >= 4 is 11.6 Å². The first-order chi connectivity index (χ1) is 6.86. The molecule has 1 atom stereocenters. The molecule has 0 aromatic heterocycles. The van der Waals surface area contributed by atoms with Gasteiger partial charge in [0.1, 0.15) is 11.8 Å². The van der Waals surface area contributed by atoms with Crippen LogP contribution in [0.4, 0.5) is 13.2 Å². The molecule has 6 heteroatoms. The van der Waals surface area contributed by atoms with Crippen molar-refractivity contribution in [3.63, 3.8) is 0 Å². The van der Waals surface area contributed by atoms with Gasteiger partial charge in [-0.15, -0.1) is 0 Å². The van der Waals surface area contributed by atoms with Crippen molar-refractivity contribution < 1.29 is 17.9 Å². The summed E-state index contributed by atoms with van der Waals surface area (Å²) in [5, 5.41) is 0.246. The van der Waals surface area contributed by atoms with Gasteiger partial charge in [-0.05, 0) is 17.7 Å². The van der Waals surface area contributed by atoms with Gasteiger partial charge in [-0.1, -0.05) is 17.7 Å². The van der Waals surface area contributed by atoms with Crippen LogP contribution in [0.2, 0.25) is 5.02 Å². The average molecular weight is 240 g/mol. The van der Waals surface area contributed by atoms with Crippen LogP contribution in [-0.2, 0) is 0 Å². The van der Waals surface area contributed by atoms with E-state index in [2.05, 4.69) is 0 Å². The minimum Gasteiger partial charge on any atom is -0.495 e. The zero-order chi connectivity index (χ0) is 11.6. The Hall–Kier alpha value is -0.940. The average Bonchev–Trinajstić information content (AvgIpc) is 2.16. The third-order valence-corrected chi connectivity index (χ3v) is 2.20. The van der Waals surface area contributed by atoms with Crippen molar-refractivity contribution in [3.8, 4) is 5.75 Å². The van der Waals surface area contributed by atoms with Crippen molar-refractivity contribution in [1.29, 1.82) is 0 Å². The molecule has 0 aliphatic heterocycles. The molecule has 0 bridgehead atoms. The third kappa shape index (κ3) is 2.76. The fourth-order valence-electron chi connectivity index (χ4n) is 1.06. The molecule has 0 amide bonds. The Morgan fingerprint density at radius 1 is 1.40 bits per heavy atom. The van der Waals surface area contributed by atoms with Crippen molar-refractivity contribution in [2.45, 2.75) is 12.2 Å². The van der Waals surface area contributed by atoms with Gasteiger partial charge in [0.2, 0.25) is 0 Å². The van der Waals surface area contributed by atoms with E-state index in [9.17, 15) is 13.2 Å². The lowest BCUT2D eigenvalue weighted by atomic mass is 10.1. The monoisotopic (exact) mass is 239 g/mol. The predicted octanol–water partition coefficient (Wildman–Crippen LogP) is 2.91.